The number of hydrogen-bond acceptors (Lipinski definition) is 5. The van der Waals surface area contributed by atoms with Crippen LogP contribution in [0, 0.1) is 5.82 Å². The molecule has 3 aromatic rings. The third-order valence-corrected chi connectivity index (χ3v) is 5.81. The van der Waals surface area contributed by atoms with Gasteiger partial charge in [-0.3, -0.25) is 14.9 Å². The minimum atomic E-state index is -0.517. The molecule has 0 aliphatic carbocycles. The van der Waals surface area contributed by atoms with Crippen molar-refractivity contribution in [2.75, 3.05) is 11.9 Å². The number of thiophene rings is 1. The Morgan fingerprint density at radius 2 is 2.08 bits per heavy atom. The summed E-state index contributed by atoms with van der Waals surface area (Å²) in [5.74, 6) is -1.04. The van der Waals surface area contributed by atoms with Crippen molar-refractivity contribution in [1.82, 2.24) is 9.88 Å². The van der Waals surface area contributed by atoms with Gasteiger partial charge in [-0.05, 0) is 23.6 Å². The molecule has 0 unspecified atom stereocenters. The number of nitrogens with zero attached hydrogens (tertiary/aromatic N) is 2. The lowest BCUT2D eigenvalue weighted by molar-refractivity contribution is 0.0731. The van der Waals surface area contributed by atoms with Gasteiger partial charge in [-0.25, -0.2) is 9.37 Å². The van der Waals surface area contributed by atoms with Gasteiger partial charge in [-0.1, -0.05) is 23.5 Å². The van der Waals surface area contributed by atoms with Gasteiger partial charge in [0.15, 0.2) is 5.13 Å². The first kappa shape index (κ1) is 16.9. The zero-order valence-electron chi connectivity index (χ0n) is 13.6. The molecule has 132 valence electrons. The summed E-state index contributed by atoms with van der Waals surface area (Å²) in [7, 11) is 0. The van der Waals surface area contributed by atoms with Crippen LogP contribution in [0.4, 0.5) is 9.52 Å². The molecule has 0 spiro atoms. The molecule has 0 fully saturated rings. The Morgan fingerprint density at radius 1 is 1.23 bits per heavy atom. The highest BCUT2D eigenvalue weighted by atomic mass is 32.1. The summed E-state index contributed by atoms with van der Waals surface area (Å²) in [6, 6.07) is 7.74. The molecule has 0 bridgehead atoms. The lowest BCUT2D eigenvalue weighted by Gasteiger charge is -2.26. The van der Waals surface area contributed by atoms with Gasteiger partial charge in [0.2, 0.25) is 0 Å². The van der Waals surface area contributed by atoms with Gasteiger partial charge in [0.1, 0.15) is 5.82 Å². The van der Waals surface area contributed by atoms with Gasteiger partial charge in [-0.2, -0.15) is 11.3 Å². The molecule has 8 heteroatoms. The third kappa shape index (κ3) is 3.25. The van der Waals surface area contributed by atoms with Gasteiger partial charge in [-0.15, -0.1) is 0 Å². The van der Waals surface area contributed by atoms with Gasteiger partial charge < -0.3 is 4.90 Å². The molecule has 1 aliphatic heterocycles. The molecule has 2 aromatic heterocycles. The summed E-state index contributed by atoms with van der Waals surface area (Å²) < 4.78 is 13.9. The number of hydrogen-bond donors (Lipinski definition) is 1. The van der Waals surface area contributed by atoms with Crippen LogP contribution < -0.4 is 5.32 Å². The number of amides is 2. The Kier molecular flexibility index (Phi) is 4.52. The smallest absolute Gasteiger partial charge is 0.258 e. The van der Waals surface area contributed by atoms with Crippen molar-refractivity contribution in [3.05, 3.63) is 68.6 Å². The van der Waals surface area contributed by atoms with E-state index in [1.807, 2.05) is 5.38 Å². The standard InChI is InChI=1S/C18H14FN3O2S2/c19-13-4-2-1-3-12(13)17(24)22-7-5-14-15(9-22)26-18(20-14)21-16(23)11-6-8-25-10-11/h1-4,6,8,10H,5,7,9H2,(H,20,21,23). The van der Waals surface area contributed by atoms with Crippen LogP contribution in [0.15, 0.2) is 41.1 Å². The summed E-state index contributed by atoms with van der Waals surface area (Å²) in [4.78, 5) is 31.7. The maximum atomic E-state index is 13.9. The van der Waals surface area contributed by atoms with Gasteiger partial charge in [0.05, 0.1) is 23.4 Å². The first-order valence-corrected chi connectivity index (χ1v) is 9.73. The first-order chi connectivity index (χ1) is 12.6. The van der Waals surface area contributed by atoms with E-state index in [9.17, 15) is 14.0 Å². The van der Waals surface area contributed by atoms with Crippen LogP contribution in [0.3, 0.4) is 0 Å². The second-order valence-electron chi connectivity index (χ2n) is 5.81. The quantitative estimate of drug-likeness (QED) is 0.744. The maximum Gasteiger partial charge on any atom is 0.258 e. The van der Waals surface area contributed by atoms with Crippen LogP contribution in [-0.2, 0) is 13.0 Å². The van der Waals surface area contributed by atoms with E-state index in [4.69, 9.17) is 0 Å². The summed E-state index contributed by atoms with van der Waals surface area (Å²) in [6.45, 7) is 0.844. The van der Waals surface area contributed by atoms with E-state index in [2.05, 4.69) is 10.3 Å². The molecule has 0 saturated carbocycles. The highest BCUT2D eigenvalue weighted by Crippen LogP contribution is 2.29. The number of fused-ring (bicyclic) bond motifs is 1. The number of nitrogens with one attached hydrogen (secondary N) is 1. The van der Waals surface area contributed by atoms with Crippen LogP contribution in [-0.4, -0.2) is 28.2 Å². The number of anilines is 1. The molecule has 3 heterocycles. The average Bonchev–Trinajstić information content (AvgIpc) is 3.30. The van der Waals surface area contributed by atoms with Crippen molar-refractivity contribution < 1.29 is 14.0 Å². The predicted octanol–water partition coefficient (Wildman–Crippen LogP) is 3.79. The largest absolute Gasteiger partial charge is 0.333 e. The molecule has 1 aromatic carbocycles. The van der Waals surface area contributed by atoms with Crippen molar-refractivity contribution in [2.45, 2.75) is 13.0 Å². The molecule has 26 heavy (non-hydrogen) atoms. The van der Waals surface area contributed by atoms with E-state index in [0.717, 1.165) is 10.6 Å². The molecule has 1 aliphatic rings. The highest BCUT2D eigenvalue weighted by molar-refractivity contribution is 7.16. The number of benzene rings is 1. The predicted molar refractivity (Wildman–Crippen MR) is 99.2 cm³/mol. The minimum absolute atomic E-state index is 0.0754. The average molecular weight is 387 g/mol. The molecule has 0 radical (unpaired) electrons. The van der Waals surface area contributed by atoms with Crippen molar-refractivity contribution in [1.29, 1.82) is 0 Å². The van der Waals surface area contributed by atoms with Crippen LogP contribution >= 0.6 is 22.7 Å². The maximum absolute atomic E-state index is 13.9. The Hall–Kier alpha value is -2.58. The lowest BCUT2D eigenvalue weighted by Crippen LogP contribution is -2.35. The zero-order valence-corrected chi connectivity index (χ0v) is 15.2. The molecule has 2 amide bonds. The normalized spacial score (nSPS) is 13.3. The van der Waals surface area contributed by atoms with Crippen LogP contribution in [0.25, 0.3) is 0 Å². The molecule has 0 saturated heterocycles. The zero-order chi connectivity index (χ0) is 18.1. The topological polar surface area (TPSA) is 62.3 Å². The highest BCUT2D eigenvalue weighted by Gasteiger charge is 2.26. The molecule has 5 nitrogen and oxygen atoms in total. The fourth-order valence-electron chi connectivity index (χ4n) is 2.79. The van der Waals surface area contributed by atoms with Gasteiger partial charge in [0, 0.05) is 23.2 Å². The number of thiazole rings is 1. The van der Waals surface area contributed by atoms with E-state index in [1.165, 1.54) is 34.8 Å². The Labute approximate surface area is 157 Å². The van der Waals surface area contributed by atoms with E-state index in [1.54, 1.807) is 28.5 Å². The SMILES string of the molecule is O=C(Nc1nc2c(s1)CN(C(=O)c1ccccc1F)CC2)c1ccsc1. The summed E-state index contributed by atoms with van der Waals surface area (Å²) in [5.41, 5.74) is 1.55. The molecular weight excluding hydrogens is 373 g/mol. The molecule has 0 atom stereocenters. The number of carbonyl (C=O) groups is 2. The molecule has 1 N–H and O–H groups in total. The summed E-state index contributed by atoms with van der Waals surface area (Å²) >= 11 is 2.81. The Balaban J connectivity index is 1.49. The van der Waals surface area contributed by atoms with Crippen LogP contribution in [0.2, 0.25) is 0 Å². The van der Waals surface area contributed by atoms with Crippen LogP contribution in [0.1, 0.15) is 31.3 Å². The summed E-state index contributed by atoms with van der Waals surface area (Å²) in [6.07, 6.45) is 0.584. The van der Waals surface area contributed by atoms with Crippen molar-refractivity contribution in [2.24, 2.45) is 0 Å². The minimum Gasteiger partial charge on any atom is -0.333 e. The van der Waals surface area contributed by atoms with Crippen LogP contribution in [0.5, 0.6) is 0 Å². The lowest BCUT2D eigenvalue weighted by atomic mass is 10.1. The Bertz CT molecular complexity index is 969. The van der Waals surface area contributed by atoms with E-state index in [0.29, 0.717) is 30.2 Å². The first-order valence-electron chi connectivity index (χ1n) is 7.98. The second-order valence-corrected chi connectivity index (χ2v) is 7.68. The van der Waals surface area contributed by atoms with E-state index < -0.39 is 5.82 Å². The van der Waals surface area contributed by atoms with Gasteiger partial charge >= 0.3 is 0 Å². The summed E-state index contributed by atoms with van der Waals surface area (Å²) in [5, 5.41) is 6.93. The van der Waals surface area contributed by atoms with E-state index in [-0.39, 0.29) is 17.4 Å². The van der Waals surface area contributed by atoms with Gasteiger partial charge in [0.25, 0.3) is 11.8 Å². The van der Waals surface area contributed by atoms with Crippen molar-refractivity contribution in [3.63, 3.8) is 0 Å². The Morgan fingerprint density at radius 3 is 2.85 bits per heavy atom. The number of carbonyl (C=O) groups excluding carboxylic acids is 2. The fourth-order valence-corrected chi connectivity index (χ4v) is 4.45. The number of halogens is 1. The van der Waals surface area contributed by atoms with E-state index >= 15 is 0 Å². The number of aromatic nitrogens is 1. The van der Waals surface area contributed by atoms with Crippen molar-refractivity contribution >= 4 is 39.6 Å². The second kappa shape index (κ2) is 6.97. The van der Waals surface area contributed by atoms with Crippen molar-refractivity contribution in [3.8, 4) is 0 Å². The fraction of sp³-hybridized carbons (Fsp3) is 0.167. The third-order valence-electron chi connectivity index (χ3n) is 4.13. The monoisotopic (exact) mass is 387 g/mol. The number of rotatable bonds is 3. The molecule has 4 rings (SSSR count). The molecular formula is C18H14FN3O2S2.